The van der Waals surface area contributed by atoms with Gasteiger partial charge in [0.05, 0.1) is 13.2 Å². The van der Waals surface area contributed by atoms with Crippen LogP contribution < -0.4 is 0 Å². The van der Waals surface area contributed by atoms with Crippen LogP contribution >= 0.6 is 0 Å². The van der Waals surface area contributed by atoms with Crippen LogP contribution in [0.15, 0.2) is 12.2 Å². The van der Waals surface area contributed by atoms with Crippen LogP contribution in [-0.2, 0) is 4.74 Å². The molecular formula is C17H24O. The number of allylic oxidation sites excluding steroid dienone is 2. The molecule has 0 radical (unpaired) electrons. The molecule has 98 valence electrons. The predicted octanol–water partition coefficient (Wildman–Crippen LogP) is 3.51. The molecule has 1 saturated heterocycles. The van der Waals surface area contributed by atoms with Gasteiger partial charge in [0.1, 0.15) is 0 Å². The van der Waals surface area contributed by atoms with Crippen LogP contribution in [-0.4, -0.2) is 13.2 Å². The molecule has 5 aliphatic rings. The van der Waals surface area contributed by atoms with Crippen molar-refractivity contribution in [1.82, 2.24) is 0 Å². The van der Waals surface area contributed by atoms with Crippen molar-refractivity contribution < 1.29 is 4.74 Å². The molecule has 0 aromatic carbocycles. The average molecular weight is 244 g/mol. The normalized spacial score (nSPS) is 56.1. The summed E-state index contributed by atoms with van der Waals surface area (Å²) in [6.07, 6.45) is 12.8. The fourth-order valence-corrected chi connectivity index (χ4v) is 6.39. The second-order valence-electron chi connectivity index (χ2n) is 7.74. The van der Waals surface area contributed by atoms with E-state index in [0.717, 1.165) is 60.6 Å². The quantitative estimate of drug-likeness (QED) is 0.545. The van der Waals surface area contributed by atoms with Gasteiger partial charge in [-0.1, -0.05) is 12.2 Å². The fourth-order valence-electron chi connectivity index (χ4n) is 6.39. The van der Waals surface area contributed by atoms with Gasteiger partial charge in [-0.2, -0.15) is 0 Å². The zero-order valence-electron chi connectivity index (χ0n) is 11.1. The highest BCUT2D eigenvalue weighted by atomic mass is 16.5. The van der Waals surface area contributed by atoms with Gasteiger partial charge < -0.3 is 4.74 Å². The Morgan fingerprint density at radius 1 is 0.889 bits per heavy atom. The van der Waals surface area contributed by atoms with E-state index >= 15 is 0 Å². The maximum Gasteiger partial charge on any atom is 0.0516 e. The number of rotatable bonds is 3. The monoisotopic (exact) mass is 244 g/mol. The smallest absolute Gasteiger partial charge is 0.0516 e. The molecule has 1 aliphatic heterocycles. The average Bonchev–Trinajstić information content (AvgIpc) is 3.05. The van der Waals surface area contributed by atoms with Gasteiger partial charge in [-0.05, 0) is 73.5 Å². The number of hydrogen-bond donors (Lipinski definition) is 0. The van der Waals surface area contributed by atoms with Crippen LogP contribution in [0.4, 0.5) is 0 Å². The minimum atomic E-state index is 0.917. The summed E-state index contributed by atoms with van der Waals surface area (Å²) in [5.41, 5.74) is 0. The Labute approximate surface area is 110 Å². The molecule has 0 N–H and O–H groups in total. The molecule has 1 heterocycles. The Bertz CT molecular complexity index is 383. The van der Waals surface area contributed by atoms with Crippen molar-refractivity contribution in [3.05, 3.63) is 12.2 Å². The summed E-state index contributed by atoms with van der Waals surface area (Å²) in [5, 5.41) is 0. The van der Waals surface area contributed by atoms with Crippen molar-refractivity contribution in [3.63, 3.8) is 0 Å². The van der Waals surface area contributed by atoms with E-state index in [-0.39, 0.29) is 0 Å². The molecule has 7 atom stereocenters. The largest absolute Gasteiger partial charge is 0.381 e. The molecule has 18 heavy (non-hydrogen) atoms. The molecular weight excluding hydrogens is 220 g/mol. The molecule has 4 aliphatic carbocycles. The van der Waals surface area contributed by atoms with E-state index in [4.69, 9.17) is 4.74 Å². The van der Waals surface area contributed by atoms with E-state index in [1.807, 2.05) is 0 Å². The first kappa shape index (κ1) is 10.5. The Balaban J connectivity index is 1.30. The van der Waals surface area contributed by atoms with E-state index in [1.165, 1.54) is 19.3 Å². The van der Waals surface area contributed by atoms with Gasteiger partial charge >= 0.3 is 0 Å². The molecule has 0 aromatic rings. The second-order valence-corrected chi connectivity index (χ2v) is 7.74. The Morgan fingerprint density at radius 2 is 1.72 bits per heavy atom. The molecule has 0 aromatic heterocycles. The van der Waals surface area contributed by atoms with Gasteiger partial charge in [0.25, 0.3) is 0 Å². The fraction of sp³-hybridized carbons (Fsp3) is 0.882. The lowest BCUT2D eigenvalue weighted by Crippen LogP contribution is -2.32. The van der Waals surface area contributed by atoms with Gasteiger partial charge in [-0.25, -0.2) is 0 Å². The topological polar surface area (TPSA) is 9.23 Å². The van der Waals surface area contributed by atoms with Crippen LogP contribution in [0.25, 0.3) is 0 Å². The summed E-state index contributed by atoms with van der Waals surface area (Å²) >= 11 is 0. The standard InChI is InChI=1S/C17H24O/c1(10-8-18-9-10)2-11-5-14-7-15(11)17-13-4-3-12(6-13)16(14)17/h3-4,10-17H,1-2,5-9H2. The van der Waals surface area contributed by atoms with Gasteiger partial charge in [0.15, 0.2) is 0 Å². The third-order valence-electron chi connectivity index (χ3n) is 7.06. The van der Waals surface area contributed by atoms with E-state index in [2.05, 4.69) is 12.2 Å². The molecule has 5 rings (SSSR count). The zero-order valence-corrected chi connectivity index (χ0v) is 11.1. The Morgan fingerprint density at radius 3 is 2.50 bits per heavy atom. The summed E-state index contributed by atoms with van der Waals surface area (Å²) in [4.78, 5) is 0. The van der Waals surface area contributed by atoms with Gasteiger partial charge in [0, 0.05) is 5.92 Å². The summed E-state index contributed by atoms with van der Waals surface area (Å²) in [6, 6.07) is 0. The van der Waals surface area contributed by atoms with Gasteiger partial charge in [0.2, 0.25) is 0 Å². The van der Waals surface area contributed by atoms with Crippen molar-refractivity contribution in [2.24, 2.45) is 47.3 Å². The lowest BCUT2D eigenvalue weighted by molar-refractivity contribution is -0.0398. The summed E-state index contributed by atoms with van der Waals surface area (Å²) in [7, 11) is 0. The van der Waals surface area contributed by atoms with Crippen LogP contribution in [0, 0.1) is 47.3 Å². The molecule has 0 spiro atoms. The first-order valence-electron chi connectivity index (χ1n) is 8.16. The first-order chi connectivity index (χ1) is 8.90. The van der Waals surface area contributed by atoms with Crippen molar-refractivity contribution in [3.8, 4) is 0 Å². The lowest BCUT2D eigenvalue weighted by atomic mass is 9.68. The lowest BCUT2D eigenvalue weighted by Gasteiger charge is -2.37. The van der Waals surface area contributed by atoms with Crippen molar-refractivity contribution in [2.75, 3.05) is 13.2 Å². The molecule has 7 unspecified atom stereocenters. The third kappa shape index (κ3) is 1.27. The van der Waals surface area contributed by atoms with E-state index in [1.54, 1.807) is 12.8 Å². The SMILES string of the molecule is C1=CC2CC1C1C3CC(CCC4COC4)C(C3)C21. The highest BCUT2D eigenvalue weighted by Crippen LogP contribution is 2.67. The van der Waals surface area contributed by atoms with E-state index in [9.17, 15) is 0 Å². The predicted molar refractivity (Wildman–Crippen MR) is 71.0 cm³/mol. The molecule has 1 nitrogen and oxygen atoms in total. The van der Waals surface area contributed by atoms with Crippen molar-refractivity contribution in [1.29, 1.82) is 0 Å². The molecule has 4 fully saturated rings. The number of fused-ring (bicyclic) bond motifs is 9. The van der Waals surface area contributed by atoms with E-state index in [0.29, 0.717) is 0 Å². The zero-order chi connectivity index (χ0) is 11.7. The summed E-state index contributed by atoms with van der Waals surface area (Å²) in [6.45, 7) is 2.11. The molecule has 3 saturated carbocycles. The molecule has 4 bridgehead atoms. The minimum Gasteiger partial charge on any atom is -0.381 e. The third-order valence-corrected chi connectivity index (χ3v) is 7.06. The maximum atomic E-state index is 5.31. The molecule has 1 heteroatoms. The second kappa shape index (κ2) is 3.62. The Kier molecular flexibility index (Phi) is 2.11. The summed E-state index contributed by atoms with van der Waals surface area (Å²) < 4.78 is 5.31. The first-order valence-corrected chi connectivity index (χ1v) is 8.16. The van der Waals surface area contributed by atoms with Gasteiger partial charge in [-0.15, -0.1) is 0 Å². The highest BCUT2D eigenvalue weighted by Gasteiger charge is 2.60. The number of ether oxygens (including phenoxy) is 1. The van der Waals surface area contributed by atoms with E-state index < -0.39 is 0 Å². The van der Waals surface area contributed by atoms with Crippen molar-refractivity contribution >= 4 is 0 Å². The van der Waals surface area contributed by atoms with Crippen LogP contribution in [0.3, 0.4) is 0 Å². The summed E-state index contributed by atoms with van der Waals surface area (Å²) in [5.74, 6) is 8.45. The maximum absolute atomic E-state index is 5.31. The van der Waals surface area contributed by atoms with Crippen LogP contribution in [0.2, 0.25) is 0 Å². The van der Waals surface area contributed by atoms with Crippen molar-refractivity contribution in [2.45, 2.75) is 32.1 Å². The highest BCUT2D eigenvalue weighted by molar-refractivity contribution is 5.20. The van der Waals surface area contributed by atoms with Crippen LogP contribution in [0.1, 0.15) is 32.1 Å². The molecule has 0 amide bonds. The Hall–Kier alpha value is -0.300. The van der Waals surface area contributed by atoms with Crippen LogP contribution in [0.5, 0.6) is 0 Å². The van der Waals surface area contributed by atoms with Gasteiger partial charge in [-0.3, -0.25) is 0 Å². The number of hydrogen-bond acceptors (Lipinski definition) is 1. The minimum absolute atomic E-state index is 0.917.